The molecule has 1 saturated heterocycles. The van der Waals surface area contributed by atoms with Crippen LogP contribution in [0.1, 0.15) is 41.3 Å². The van der Waals surface area contributed by atoms with Crippen LogP contribution in [0, 0.1) is 5.92 Å². The van der Waals surface area contributed by atoms with Crippen molar-refractivity contribution in [2.24, 2.45) is 5.92 Å². The number of amides is 1. The van der Waals surface area contributed by atoms with Crippen LogP contribution in [0.15, 0.2) is 48.5 Å². The second kappa shape index (κ2) is 8.71. The first kappa shape index (κ1) is 19.0. The van der Waals surface area contributed by atoms with Crippen molar-refractivity contribution in [1.29, 1.82) is 0 Å². The molecule has 1 fully saturated rings. The van der Waals surface area contributed by atoms with E-state index < -0.39 is 11.9 Å². The summed E-state index contributed by atoms with van der Waals surface area (Å²) in [5.41, 5.74) is 4.01. The molecule has 27 heavy (non-hydrogen) atoms. The highest BCUT2D eigenvalue weighted by Gasteiger charge is 2.28. The van der Waals surface area contributed by atoms with E-state index in [4.69, 9.17) is 0 Å². The molecule has 142 valence electrons. The van der Waals surface area contributed by atoms with Gasteiger partial charge in [0, 0.05) is 30.9 Å². The quantitative estimate of drug-likeness (QED) is 0.816. The number of benzene rings is 2. The van der Waals surface area contributed by atoms with E-state index in [1.807, 2.05) is 30.3 Å². The maximum Gasteiger partial charge on any atom is 0.308 e. The second-order valence-electron chi connectivity index (χ2n) is 6.99. The van der Waals surface area contributed by atoms with Crippen LogP contribution in [-0.4, -0.2) is 35.0 Å². The van der Waals surface area contributed by atoms with Gasteiger partial charge in [0.2, 0.25) is 0 Å². The zero-order chi connectivity index (χ0) is 19.2. The molecule has 0 saturated carbocycles. The summed E-state index contributed by atoms with van der Waals surface area (Å²) in [4.78, 5) is 25.7. The lowest BCUT2D eigenvalue weighted by molar-refractivity contribution is -0.143. The molecule has 2 N–H and O–H groups in total. The number of nitrogens with one attached hydrogen (secondary N) is 1. The van der Waals surface area contributed by atoms with Gasteiger partial charge in [0.15, 0.2) is 0 Å². The number of nitrogens with zero attached hydrogens (tertiary/aromatic N) is 1. The van der Waals surface area contributed by atoms with E-state index in [1.165, 1.54) is 5.56 Å². The number of hydrogen-bond donors (Lipinski definition) is 2. The Kier molecular flexibility index (Phi) is 6.12. The predicted molar refractivity (Wildman–Crippen MR) is 106 cm³/mol. The number of aliphatic carboxylic acids is 1. The van der Waals surface area contributed by atoms with E-state index in [0.717, 1.165) is 24.1 Å². The van der Waals surface area contributed by atoms with Crippen molar-refractivity contribution in [3.63, 3.8) is 0 Å². The van der Waals surface area contributed by atoms with Crippen molar-refractivity contribution >= 4 is 17.6 Å². The number of likely N-dealkylation sites (tertiary alicyclic amines) is 1. The Hall–Kier alpha value is -2.82. The normalized spacial score (nSPS) is 16.8. The molecule has 0 bridgehead atoms. The third-order valence-electron chi connectivity index (χ3n) is 5.11. The minimum absolute atomic E-state index is 0.0863. The molecule has 5 nitrogen and oxygen atoms in total. The number of carbonyl (C=O) groups is 2. The van der Waals surface area contributed by atoms with Gasteiger partial charge >= 0.3 is 5.97 Å². The van der Waals surface area contributed by atoms with Crippen LogP contribution < -0.4 is 5.32 Å². The maximum absolute atomic E-state index is 12.8. The molecule has 1 amide bonds. The van der Waals surface area contributed by atoms with Crippen LogP contribution in [-0.2, 0) is 17.8 Å². The third-order valence-corrected chi connectivity index (χ3v) is 5.11. The second-order valence-corrected chi connectivity index (χ2v) is 6.99. The van der Waals surface area contributed by atoms with Crippen molar-refractivity contribution in [3.8, 4) is 0 Å². The lowest BCUT2D eigenvalue weighted by Gasteiger charge is -2.30. The Bertz CT molecular complexity index is 819. The number of anilines is 1. The Balaban J connectivity index is 1.68. The van der Waals surface area contributed by atoms with Crippen molar-refractivity contribution in [2.45, 2.75) is 32.7 Å². The van der Waals surface area contributed by atoms with Crippen LogP contribution >= 0.6 is 0 Å². The maximum atomic E-state index is 12.8. The van der Waals surface area contributed by atoms with Gasteiger partial charge in [0.05, 0.1) is 5.92 Å². The summed E-state index contributed by atoms with van der Waals surface area (Å²) in [6, 6.07) is 15.8. The molecule has 1 atom stereocenters. The largest absolute Gasteiger partial charge is 0.481 e. The summed E-state index contributed by atoms with van der Waals surface area (Å²) < 4.78 is 0. The third kappa shape index (κ3) is 4.67. The molecule has 1 aliphatic rings. The number of hydrogen-bond acceptors (Lipinski definition) is 3. The van der Waals surface area contributed by atoms with Gasteiger partial charge in [-0.25, -0.2) is 0 Å². The van der Waals surface area contributed by atoms with E-state index >= 15 is 0 Å². The summed E-state index contributed by atoms with van der Waals surface area (Å²) in [7, 11) is 0. The average Bonchev–Trinajstić information content (AvgIpc) is 2.72. The van der Waals surface area contributed by atoms with Crippen molar-refractivity contribution in [3.05, 3.63) is 65.2 Å². The molecule has 0 spiro atoms. The first-order valence-corrected chi connectivity index (χ1v) is 9.51. The van der Waals surface area contributed by atoms with Crippen molar-refractivity contribution in [1.82, 2.24) is 4.90 Å². The molecule has 0 aliphatic carbocycles. The summed E-state index contributed by atoms with van der Waals surface area (Å²) in [5, 5.41) is 12.7. The number of para-hydroxylation sites is 1. The van der Waals surface area contributed by atoms with Gasteiger partial charge in [-0.05, 0) is 48.6 Å². The zero-order valence-electron chi connectivity index (χ0n) is 15.6. The van der Waals surface area contributed by atoms with Crippen LogP contribution in [0.2, 0.25) is 0 Å². The van der Waals surface area contributed by atoms with Crippen molar-refractivity contribution in [2.75, 3.05) is 18.4 Å². The molecule has 1 heterocycles. The summed E-state index contributed by atoms with van der Waals surface area (Å²) in [6.45, 7) is 3.67. The molecule has 1 unspecified atom stereocenters. The Labute approximate surface area is 160 Å². The van der Waals surface area contributed by atoms with Gasteiger partial charge in [-0.2, -0.15) is 0 Å². The number of aryl methyl sites for hydroxylation is 1. The Morgan fingerprint density at radius 3 is 2.78 bits per heavy atom. The lowest BCUT2D eigenvalue weighted by Crippen LogP contribution is -2.42. The van der Waals surface area contributed by atoms with Crippen LogP contribution in [0.4, 0.5) is 5.69 Å². The van der Waals surface area contributed by atoms with Gasteiger partial charge in [-0.1, -0.05) is 37.3 Å². The minimum atomic E-state index is -0.819. The fourth-order valence-corrected chi connectivity index (χ4v) is 3.56. The SMILES string of the molecule is CCc1ccccc1NCc1cccc(C(=O)N2CCCC(C(=O)O)C2)c1. The molecule has 0 aromatic heterocycles. The van der Waals surface area contributed by atoms with Crippen LogP contribution in [0.3, 0.4) is 0 Å². The number of carboxylic acids is 1. The zero-order valence-corrected chi connectivity index (χ0v) is 15.6. The Morgan fingerprint density at radius 1 is 1.19 bits per heavy atom. The number of carboxylic acid groups (broad SMARTS) is 1. The van der Waals surface area contributed by atoms with Gasteiger partial charge in [0.25, 0.3) is 5.91 Å². The monoisotopic (exact) mass is 366 g/mol. The topological polar surface area (TPSA) is 69.6 Å². The molecular formula is C22H26N2O3. The minimum Gasteiger partial charge on any atom is -0.481 e. The van der Waals surface area contributed by atoms with E-state index in [1.54, 1.807) is 11.0 Å². The van der Waals surface area contributed by atoms with Crippen LogP contribution in [0.25, 0.3) is 0 Å². The van der Waals surface area contributed by atoms with E-state index in [2.05, 4.69) is 24.4 Å². The molecule has 3 rings (SSSR count). The van der Waals surface area contributed by atoms with Gasteiger partial charge in [-0.15, -0.1) is 0 Å². The highest BCUT2D eigenvalue weighted by atomic mass is 16.4. The number of rotatable bonds is 6. The molecule has 0 radical (unpaired) electrons. The summed E-state index contributed by atoms with van der Waals surface area (Å²) in [6.07, 6.45) is 2.33. The predicted octanol–water partition coefficient (Wildman–Crippen LogP) is 3.80. The fourth-order valence-electron chi connectivity index (χ4n) is 3.56. The molecule has 1 aliphatic heterocycles. The standard InChI is InChI=1S/C22H26N2O3/c1-2-17-8-3-4-11-20(17)23-14-16-7-5-9-18(13-16)21(25)24-12-6-10-19(15-24)22(26)27/h3-5,7-9,11,13,19,23H,2,6,10,12,14-15H2,1H3,(H,26,27). The van der Waals surface area contributed by atoms with Crippen LogP contribution in [0.5, 0.6) is 0 Å². The number of piperidine rings is 1. The molecular weight excluding hydrogens is 340 g/mol. The molecule has 2 aromatic rings. The molecule has 5 heteroatoms. The first-order valence-electron chi connectivity index (χ1n) is 9.51. The summed E-state index contributed by atoms with van der Waals surface area (Å²) >= 11 is 0. The van der Waals surface area contributed by atoms with E-state index in [-0.39, 0.29) is 5.91 Å². The van der Waals surface area contributed by atoms with E-state index in [0.29, 0.717) is 31.6 Å². The smallest absolute Gasteiger partial charge is 0.308 e. The van der Waals surface area contributed by atoms with Gasteiger partial charge < -0.3 is 15.3 Å². The lowest BCUT2D eigenvalue weighted by atomic mass is 9.97. The summed E-state index contributed by atoms with van der Waals surface area (Å²) in [5.74, 6) is -1.37. The highest BCUT2D eigenvalue weighted by Crippen LogP contribution is 2.20. The first-order chi connectivity index (χ1) is 13.1. The van der Waals surface area contributed by atoms with Crippen molar-refractivity contribution < 1.29 is 14.7 Å². The average molecular weight is 366 g/mol. The van der Waals surface area contributed by atoms with E-state index in [9.17, 15) is 14.7 Å². The Morgan fingerprint density at radius 2 is 2.00 bits per heavy atom. The molecule has 2 aromatic carbocycles. The number of carbonyl (C=O) groups excluding carboxylic acids is 1. The van der Waals surface area contributed by atoms with Gasteiger partial charge in [0.1, 0.15) is 0 Å². The highest BCUT2D eigenvalue weighted by molar-refractivity contribution is 5.94. The fraction of sp³-hybridized carbons (Fsp3) is 0.364. The van der Waals surface area contributed by atoms with Gasteiger partial charge in [-0.3, -0.25) is 9.59 Å².